The minimum absolute atomic E-state index is 0.205. The molecule has 0 spiro atoms. The summed E-state index contributed by atoms with van der Waals surface area (Å²) in [6, 6.07) is 6.61. The van der Waals surface area contributed by atoms with Crippen LogP contribution in [0, 0.1) is 5.92 Å². The summed E-state index contributed by atoms with van der Waals surface area (Å²) < 4.78 is 32.1. The zero-order chi connectivity index (χ0) is 14.6. The lowest BCUT2D eigenvalue weighted by molar-refractivity contribution is 0.300. The van der Waals surface area contributed by atoms with Crippen LogP contribution in [0.2, 0.25) is 0 Å². The van der Waals surface area contributed by atoms with E-state index in [4.69, 9.17) is 4.74 Å². The zero-order valence-electron chi connectivity index (χ0n) is 11.9. The van der Waals surface area contributed by atoms with E-state index in [1.807, 2.05) is 0 Å². The van der Waals surface area contributed by atoms with E-state index in [2.05, 4.69) is 17.0 Å². The van der Waals surface area contributed by atoms with Gasteiger partial charge in [0.2, 0.25) is 10.0 Å². The zero-order valence-corrected chi connectivity index (χ0v) is 12.7. The lowest BCUT2D eigenvalue weighted by Gasteiger charge is -2.30. The highest BCUT2D eigenvalue weighted by molar-refractivity contribution is 7.89. The van der Waals surface area contributed by atoms with E-state index in [1.165, 1.54) is 0 Å². The molecular formula is C14H22N2O3S. The molecule has 20 heavy (non-hydrogen) atoms. The Balaban J connectivity index is 1.99. The van der Waals surface area contributed by atoms with Crippen LogP contribution in [-0.2, 0) is 10.0 Å². The second-order valence-electron chi connectivity index (χ2n) is 5.21. The molecule has 2 rings (SSSR count). The standard InChI is InChI=1S/C14H22N2O3S/c1-11-4-3-9-15-14(11)10-16-20(17,18)13-7-5-12(19-2)6-8-13/h5-8,11,14-16H,3-4,9-10H2,1-2H3. The topological polar surface area (TPSA) is 67.4 Å². The first-order valence-corrected chi connectivity index (χ1v) is 8.38. The lowest BCUT2D eigenvalue weighted by atomic mass is 9.93. The summed E-state index contributed by atoms with van der Waals surface area (Å²) in [4.78, 5) is 0.266. The van der Waals surface area contributed by atoms with Gasteiger partial charge in [-0.05, 0) is 49.6 Å². The van der Waals surface area contributed by atoms with Crippen molar-refractivity contribution < 1.29 is 13.2 Å². The first-order valence-electron chi connectivity index (χ1n) is 6.90. The van der Waals surface area contributed by atoms with Crippen LogP contribution in [-0.4, -0.2) is 34.7 Å². The van der Waals surface area contributed by atoms with Gasteiger partial charge < -0.3 is 10.1 Å². The minimum atomic E-state index is -3.45. The summed E-state index contributed by atoms with van der Waals surface area (Å²) in [5, 5.41) is 3.36. The largest absolute Gasteiger partial charge is 0.497 e. The molecule has 6 heteroatoms. The highest BCUT2D eigenvalue weighted by Crippen LogP contribution is 2.17. The van der Waals surface area contributed by atoms with Crippen molar-refractivity contribution >= 4 is 10.0 Å². The molecule has 0 aliphatic carbocycles. The van der Waals surface area contributed by atoms with E-state index in [0.29, 0.717) is 18.2 Å². The molecule has 112 valence electrons. The van der Waals surface area contributed by atoms with Crippen LogP contribution in [0.15, 0.2) is 29.2 Å². The SMILES string of the molecule is COc1ccc(S(=O)(=O)NCC2NCCCC2C)cc1. The highest BCUT2D eigenvalue weighted by Gasteiger charge is 2.23. The summed E-state index contributed by atoms with van der Waals surface area (Å²) >= 11 is 0. The molecule has 0 amide bonds. The fourth-order valence-corrected chi connectivity index (χ4v) is 3.48. The van der Waals surface area contributed by atoms with Gasteiger partial charge in [-0.25, -0.2) is 13.1 Å². The highest BCUT2D eigenvalue weighted by atomic mass is 32.2. The maximum Gasteiger partial charge on any atom is 0.240 e. The molecule has 0 saturated carbocycles. The van der Waals surface area contributed by atoms with Gasteiger partial charge in [0.05, 0.1) is 12.0 Å². The molecule has 2 unspecified atom stereocenters. The Labute approximate surface area is 120 Å². The second-order valence-corrected chi connectivity index (χ2v) is 6.97. The first kappa shape index (κ1) is 15.3. The van der Waals surface area contributed by atoms with Crippen LogP contribution in [0.5, 0.6) is 5.75 Å². The predicted molar refractivity (Wildman–Crippen MR) is 78.4 cm³/mol. The quantitative estimate of drug-likeness (QED) is 0.861. The molecule has 1 aromatic carbocycles. The molecule has 1 saturated heterocycles. The van der Waals surface area contributed by atoms with Gasteiger partial charge in [-0.3, -0.25) is 0 Å². The fourth-order valence-electron chi connectivity index (χ4n) is 2.42. The number of piperidine rings is 1. The Morgan fingerprint density at radius 2 is 2.05 bits per heavy atom. The van der Waals surface area contributed by atoms with Gasteiger partial charge in [0, 0.05) is 12.6 Å². The van der Waals surface area contributed by atoms with E-state index in [1.54, 1.807) is 31.4 Å². The Morgan fingerprint density at radius 3 is 2.65 bits per heavy atom. The van der Waals surface area contributed by atoms with Crippen molar-refractivity contribution in [1.29, 1.82) is 0 Å². The smallest absolute Gasteiger partial charge is 0.240 e. The van der Waals surface area contributed by atoms with Gasteiger partial charge in [0.1, 0.15) is 5.75 Å². The van der Waals surface area contributed by atoms with Crippen LogP contribution in [0.3, 0.4) is 0 Å². The van der Waals surface area contributed by atoms with E-state index < -0.39 is 10.0 Å². The van der Waals surface area contributed by atoms with Gasteiger partial charge in [-0.15, -0.1) is 0 Å². The van der Waals surface area contributed by atoms with Gasteiger partial charge in [-0.1, -0.05) is 6.92 Å². The summed E-state index contributed by atoms with van der Waals surface area (Å²) in [5.74, 6) is 1.13. The fraction of sp³-hybridized carbons (Fsp3) is 0.571. The maximum atomic E-state index is 12.2. The summed E-state index contributed by atoms with van der Waals surface area (Å²) in [6.45, 7) is 3.54. The molecule has 2 N–H and O–H groups in total. The number of ether oxygens (including phenoxy) is 1. The molecule has 1 aliphatic heterocycles. The normalized spacial score (nSPS) is 23.5. The lowest BCUT2D eigenvalue weighted by Crippen LogP contribution is -2.47. The van der Waals surface area contributed by atoms with Crippen molar-refractivity contribution in [3.05, 3.63) is 24.3 Å². The molecule has 2 atom stereocenters. The van der Waals surface area contributed by atoms with Gasteiger partial charge in [0.15, 0.2) is 0 Å². The van der Waals surface area contributed by atoms with E-state index >= 15 is 0 Å². The van der Waals surface area contributed by atoms with Crippen molar-refractivity contribution in [2.24, 2.45) is 5.92 Å². The number of sulfonamides is 1. The minimum Gasteiger partial charge on any atom is -0.497 e. The first-order chi connectivity index (χ1) is 9.53. The molecule has 1 heterocycles. The third-order valence-corrected chi connectivity index (χ3v) is 5.23. The van der Waals surface area contributed by atoms with Gasteiger partial charge in [0.25, 0.3) is 0 Å². The maximum absolute atomic E-state index is 12.2. The number of hydrogen-bond donors (Lipinski definition) is 2. The van der Waals surface area contributed by atoms with Crippen LogP contribution in [0.25, 0.3) is 0 Å². The average molecular weight is 298 g/mol. The van der Waals surface area contributed by atoms with Crippen LogP contribution >= 0.6 is 0 Å². The van der Waals surface area contributed by atoms with Crippen molar-refractivity contribution in [1.82, 2.24) is 10.0 Å². The third-order valence-electron chi connectivity index (χ3n) is 3.79. The predicted octanol–water partition coefficient (Wildman–Crippen LogP) is 1.36. The molecule has 1 aromatic rings. The van der Waals surface area contributed by atoms with Gasteiger partial charge in [-0.2, -0.15) is 0 Å². The molecule has 0 radical (unpaired) electrons. The number of hydrogen-bond acceptors (Lipinski definition) is 4. The Kier molecular flexibility index (Phi) is 5.01. The summed E-state index contributed by atoms with van der Waals surface area (Å²) in [7, 11) is -1.90. The van der Waals surface area contributed by atoms with E-state index in [-0.39, 0.29) is 10.9 Å². The van der Waals surface area contributed by atoms with Crippen LogP contribution < -0.4 is 14.8 Å². The van der Waals surface area contributed by atoms with Crippen LogP contribution in [0.1, 0.15) is 19.8 Å². The Hall–Kier alpha value is -1.11. The van der Waals surface area contributed by atoms with Crippen molar-refractivity contribution in [2.45, 2.75) is 30.7 Å². The monoisotopic (exact) mass is 298 g/mol. The average Bonchev–Trinajstić information content (AvgIpc) is 2.46. The van der Waals surface area contributed by atoms with E-state index in [0.717, 1.165) is 19.4 Å². The molecule has 1 fully saturated rings. The summed E-state index contributed by atoms with van der Waals surface area (Å²) in [5.41, 5.74) is 0. The number of benzene rings is 1. The molecule has 0 aromatic heterocycles. The number of nitrogens with one attached hydrogen (secondary N) is 2. The molecule has 0 bridgehead atoms. The Bertz CT molecular complexity index is 528. The molecule has 1 aliphatic rings. The third kappa shape index (κ3) is 3.71. The number of methoxy groups -OCH3 is 1. The molecular weight excluding hydrogens is 276 g/mol. The van der Waals surface area contributed by atoms with Crippen molar-refractivity contribution in [3.8, 4) is 5.75 Å². The Morgan fingerprint density at radius 1 is 1.35 bits per heavy atom. The van der Waals surface area contributed by atoms with Gasteiger partial charge >= 0.3 is 0 Å². The second kappa shape index (κ2) is 6.56. The van der Waals surface area contributed by atoms with Crippen molar-refractivity contribution in [3.63, 3.8) is 0 Å². The van der Waals surface area contributed by atoms with Crippen LogP contribution in [0.4, 0.5) is 0 Å². The molecule has 5 nitrogen and oxygen atoms in total. The van der Waals surface area contributed by atoms with E-state index in [9.17, 15) is 8.42 Å². The number of rotatable bonds is 5. The summed E-state index contributed by atoms with van der Waals surface area (Å²) in [6.07, 6.45) is 2.30. The van der Waals surface area contributed by atoms with Crippen molar-refractivity contribution in [2.75, 3.05) is 20.2 Å².